The molecule has 0 fully saturated rings. The third-order valence-corrected chi connectivity index (χ3v) is 4.27. The van der Waals surface area contributed by atoms with Gasteiger partial charge >= 0.3 is 0 Å². The average Bonchev–Trinajstić information content (AvgIpc) is 2.69. The number of carbonyl (C=O) groups excluding carboxylic acids is 1. The van der Waals surface area contributed by atoms with Crippen molar-refractivity contribution in [2.45, 2.75) is 13.3 Å². The van der Waals surface area contributed by atoms with Crippen molar-refractivity contribution in [2.75, 3.05) is 0 Å². The summed E-state index contributed by atoms with van der Waals surface area (Å²) < 4.78 is 0. The van der Waals surface area contributed by atoms with Crippen LogP contribution in [0.2, 0.25) is 5.02 Å². The van der Waals surface area contributed by atoms with Crippen LogP contribution in [0.3, 0.4) is 0 Å². The first-order valence-electron chi connectivity index (χ1n) is 8.45. The van der Waals surface area contributed by atoms with Crippen LogP contribution in [-0.4, -0.2) is 11.6 Å². The first-order valence-corrected chi connectivity index (χ1v) is 8.83. The molecule has 0 unspecified atom stereocenters. The van der Waals surface area contributed by atoms with Gasteiger partial charge in [0.25, 0.3) is 5.91 Å². The van der Waals surface area contributed by atoms with E-state index in [1.807, 2.05) is 73.7 Å². The summed E-state index contributed by atoms with van der Waals surface area (Å²) in [6.45, 7) is 1.99. The molecule has 0 bridgehead atoms. The van der Waals surface area contributed by atoms with Gasteiger partial charge in [0, 0.05) is 10.6 Å². The Kier molecular flexibility index (Phi) is 5.82. The standard InChI is InChI=1S/C22H19ClN2O/c1-2-21(19-9-6-10-20(23)15-19)24-25-22(26)18-13-11-17(12-14-18)16-7-4-3-5-8-16/h3-15H,2H2,1H3,(H,25,26)/b24-21+. The second-order valence-electron chi connectivity index (χ2n) is 5.81. The first-order chi connectivity index (χ1) is 12.7. The van der Waals surface area contributed by atoms with Gasteiger partial charge in [-0.15, -0.1) is 0 Å². The molecule has 130 valence electrons. The molecule has 4 heteroatoms. The van der Waals surface area contributed by atoms with Gasteiger partial charge in [-0.1, -0.05) is 73.1 Å². The first kappa shape index (κ1) is 17.9. The van der Waals surface area contributed by atoms with E-state index in [0.29, 0.717) is 17.0 Å². The van der Waals surface area contributed by atoms with Crippen molar-refractivity contribution in [3.63, 3.8) is 0 Å². The quantitative estimate of drug-likeness (QED) is 0.469. The SMILES string of the molecule is CC/C(=N\NC(=O)c1ccc(-c2ccccc2)cc1)c1cccc(Cl)c1. The fourth-order valence-electron chi connectivity index (χ4n) is 2.64. The highest BCUT2D eigenvalue weighted by atomic mass is 35.5. The summed E-state index contributed by atoms with van der Waals surface area (Å²) in [4.78, 5) is 12.4. The van der Waals surface area contributed by atoms with Gasteiger partial charge in [-0.25, -0.2) is 5.43 Å². The van der Waals surface area contributed by atoms with E-state index in [-0.39, 0.29) is 5.91 Å². The Morgan fingerprint density at radius 2 is 1.58 bits per heavy atom. The van der Waals surface area contributed by atoms with Gasteiger partial charge in [0.15, 0.2) is 0 Å². The van der Waals surface area contributed by atoms with Gasteiger partial charge in [-0.3, -0.25) is 4.79 Å². The third kappa shape index (κ3) is 4.38. The zero-order valence-electron chi connectivity index (χ0n) is 14.4. The number of hydrogen-bond acceptors (Lipinski definition) is 2. The monoisotopic (exact) mass is 362 g/mol. The van der Waals surface area contributed by atoms with Crippen LogP contribution >= 0.6 is 11.6 Å². The Morgan fingerprint density at radius 3 is 2.23 bits per heavy atom. The number of halogens is 1. The molecule has 1 amide bonds. The smallest absolute Gasteiger partial charge is 0.267 e. The average molecular weight is 363 g/mol. The van der Waals surface area contributed by atoms with Gasteiger partial charge in [0.05, 0.1) is 5.71 Å². The lowest BCUT2D eigenvalue weighted by atomic mass is 10.0. The lowest BCUT2D eigenvalue weighted by Crippen LogP contribution is -2.19. The molecule has 3 nitrogen and oxygen atoms in total. The van der Waals surface area contributed by atoms with E-state index in [9.17, 15) is 4.79 Å². The van der Waals surface area contributed by atoms with Gasteiger partial charge in [0.1, 0.15) is 0 Å². The van der Waals surface area contributed by atoms with Gasteiger partial charge in [-0.05, 0) is 47.4 Å². The normalized spacial score (nSPS) is 11.2. The highest BCUT2D eigenvalue weighted by Gasteiger charge is 2.07. The lowest BCUT2D eigenvalue weighted by molar-refractivity contribution is 0.0955. The van der Waals surface area contributed by atoms with Crippen LogP contribution in [0.1, 0.15) is 29.3 Å². The highest BCUT2D eigenvalue weighted by Crippen LogP contribution is 2.19. The molecule has 0 heterocycles. The molecular weight excluding hydrogens is 344 g/mol. The number of rotatable bonds is 5. The predicted octanol–water partition coefficient (Wildman–Crippen LogP) is 5.55. The van der Waals surface area contributed by atoms with Gasteiger partial charge in [0.2, 0.25) is 0 Å². The van der Waals surface area contributed by atoms with Crippen molar-refractivity contribution < 1.29 is 4.79 Å². The largest absolute Gasteiger partial charge is 0.271 e. The summed E-state index contributed by atoms with van der Waals surface area (Å²) in [5, 5.41) is 4.91. The van der Waals surface area contributed by atoms with Crippen LogP contribution in [-0.2, 0) is 0 Å². The fraction of sp³-hybridized carbons (Fsp3) is 0.0909. The second-order valence-corrected chi connectivity index (χ2v) is 6.24. The van der Waals surface area contributed by atoms with E-state index in [0.717, 1.165) is 22.4 Å². The number of hydrazone groups is 1. The topological polar surface area (TPSA) is 41.5 Å². The number of carbonyl (C=O) groups is 1. The predicted molar refractivity (Wildman–Crippen MR) is 108 cm³/mol. The van der Waals surface area contributed by atoms with Gasteiger partial charge in [-0.2, -0.15) is 5.10 Å². The molecule has 0 aromatic heterocycles. The van der Waals surface area contributed by atoms with E-state index in [1.54, 1.807) is 12.1 Å². The van der Waals surface area contributed by atoms with Crippen LogP contribution in [0.4, 0.5) is 0 Å². The molecule has 1 N–H and O–H groups in total. The van der Waals surface area contributed by atoms with Crippen molar-refractivity contribution >= 4 is 23.2 Å². The minimum Gasteiger partial charge on any atom is -0.267 e. The third-order valence-electron chi connectivity index (χ3n) is 4.04. The maximum absolute atomic E-state index is 12.4. The molecule has 0 spiro atoms. The summed E-state index contributed by atoms with van der Waals surface area (Å²) >= 11 is 6.03. The fourth-order valence-corrected chi connectivity index (χ4v) is 2.83. The summed E-state index contributed by atoms with van der Waals surface area (Å²) in [7, 11) is 0. The summed E-state index contributed by atoms with van der Waals surface area (Å²) in [5.41, 5.74) is 7.07. The maximum Gasteiger partial charge on any atom is 0.271 e. The Hall–Kier alpha value is -2.91. The number of benzene rings is 3. The van der Waals surface area contributed by atoms with Crippen LogP contribution in [0.25, 0.3) is 11.1 Å². The Labute approximate surface area is 158 Å². The number of amides is 1. The molecule has 0 saturated carbocycles. The molecule has 0 atom stereocenters. The zero-order chi connectivity index (χ0) is 18.4. The van der Waals surface area contributed by atoms with E-state index in [1.165, 1.54) is 0 Å². The van der Waals surface area contributed by atoms with E-state index < -0.39 is 0 Å². The van der Waals surface area contributed by atoms with Crippen LogP contribution in [0.5, 0.6) is 0 Å². The molecule has 3 aromatic carbocycles. The summed E-state index contributed by atoms with van der Waals surface area (Å²) in [6.07, 6.45) is 0.688. The highest BCUT2D eigenvalue weighted by molar-refractivity contribution is 6.31. The van der Waals surface area contributed by atoms with Crippen molar-refractivity contribution in [1.82, 2.24) is 5.43 Å². The Bertz CT molecular complexity index is 918. The van der Waals surface area contributed by atoms with Crippen LogP contribution in [0.15, 0.2) is 84.0 Å². The number of hydrogen-bond donors (Lipinski definition) is 1. The molecule has 0 aliphatic heterocycles. The minimum absolute atomic E-state index is 0.238. The molecule has 3 aromatic rings. The van der Waals surface area contributed by atoms with Crippen molar-refractivity contribution in [3.05, 3.63) is 95.0 Å². The zero-order valence-corrected chi connectivity index (χ0v) is 15.2. The van der Waals surface area contributed by atoms with Crippen LogP contribution in [0, 0.1) is 0 Å². The van der Waals surface area contributed by atoms with Crippen LogP contribution < -0.4 is 5.43 Å². The Morgan fingerprint density at radius 1 is 0.885 bits per heavy atom. The number of nitrogens with zero attached hydrogens (tertiary/aromatic N) is 1. The van der Waals surface area contributed by atoms with E-state index in [2.05, 4.69) is 10.5 Å². The molecule has 26 heavy (non-hydrogen) atoms. The van der Waals surface area contributed by atoms with E-state index in [4.69, 9.17) is 11.6 Å². The molecule has 3 rings (SSSR count). The van der Waals surface area contributed by atoms with Crippen molar-refractivity contribution in [1.29, 1.82) is 0 Å². The summed E-state index contributed by atoms with van der Waals surface area (Å²) in [5.74, 6) is -0.238. The second kappa shape index (κ2) is 8.45. The lowest BCUT2D eigenvalue weighted by Gasteiger charge is -2.07. The molecular formula is C22H19ClN2O. The number of nitrogens with one attached hydrogen (secondary N) is 1. The van der Waals surface area contributed by atoms with Crippen molar-refractivity contribution in [3.8, 4) is 11.1 Å². The van der Waals surface area contributed by atoms with Crippen molar-refractivity contribution in [2.24, 2.45) is 5.10 Å². The maximum atomic E-state index is 12.4. The molecule has 0 radical (unpaired) electrons. The van der Waals surface area contributed by atoms with Gasteiger partial charge < -0.3 is 0 Å². The molecule has 0 aliphatic rings. The minimum atomic E-state index is -0.238. The summed E-state index contributed by atoms with van der Waals surface area (Å²) in [6, 6.07) is 25.0. The Balaban J connectivity index is 1.73. The molecule has 0 saturated heterocycles. The molecule has 0 aliphatic carbocycles. The van der Waals surface area contributed by atoms with E-state index >= 15 is 0 Å².